The number of benzene rings is 9. The van der Waals surface area contributed by atoms with Gasteiger partial charge in [0.05, 0.1) is 5.69 Å². The van der Waals surface area contributed by atoms with E-state index in [4.69, 9.17) is 0 Å². The minimum absolute atomic E-state index is 0.111. The molecule has 0 saturated heterocycles. The lowest BCUT2D eigenvalue weighted by molar-refractivity contribution is 0.660. The predicted molar refractivity (Wildman–Crippen MR) is 258 cm³/mol. The van der Waals surface area contributed by atoms with E-state index < -0.39 is 0 Å². The van der Waals surface area contributed by atoms with Gasteiger partial charge in [0.15, 0.2) is 0 Å². The van der Waals surface area contributed by atoms with Crippen molar-refractivity contribution < 1.29 is 0 Å². The summed E-state index contributed by atoms with van der Waals surface area (Å²) in [6.07, 6.45) is 0. The molecule has 0 heterocycles. The van der Waals surface area contributed by atoms with Gasteiger partial charge in [-0.05, 0) is 120 Å². The second-order valence-corrected chi connectivity index (χ2v) is 17.8. The lowest BCUT2D eigenvalue weighted by Crippen LogP contribution is -2.18. The fraction of sp³-hybridized carbons (Fsp3) is 0.100. The third-order valence-corrected chi connectivity index (χ3v) is 13.5. The van der Waals surface area contributed by atoms with Crippen LogP contribution in [0.5, 0.6) is 0 Å². The first-order valence-electron chi connectivity index (χ1n) is 21.5. The van der Waals surface area contributed by atoms with Gasteiger partial charge in [-0.1, -0.05) is 204 Å². The Morgan fingerprint density at radius 1 is 0.262 bits per heavy atom. The molecular weight excluding hydrogens is 735 g/mol. The van der Waals surface area contributed by atoms with E-state index >= 15 is 0 Å². The van der Waals surface area contributed by atoms with Crippen molar-refractivity contribution >= 4 is 17.1 Å². The monoisotopic (exact) mass is 781 g/mol. The molecule has 2 aliphatic rings. The van der Waals surface area contributed by atoms with Crippen molar-refractivity contribution in [2.75, 3.05) is 4.90 Å². The minimum Gasteiger partial charge on any atom is -0.310 e. The molecule has 0 bridgehead atoms. The average molecular weight is 782 g/mol. The van der Waals surface area contributed by atoms with Crippen LogP contribution in [-0.2, 0) is 10.8 Å². The van der Waals surface area contributed by atoms with Crippen LogP contribution in [0, 0.1) is 0 Å². The van der Waals surface area contributed by atoms with E-state index in [1.54, 1.807) is 0 Å². The Kier molecular flexibility index (Phi) is 8.58. The highest BCUT2D eigenvalue weighted by atomic mass is 15.1. The first kappa shape index (κ1) is 36.8. The lowest BCUT2D eigenvalue weighted by atomic mass is 9.81. The largest absolute Gasteiger partial charge is 0.310 e. The summed E-state index contributed by atoms with van der Waals surface area (Å²) in [5.74, 6) is 0. The van der Waals surface area contributed by atoms with Crippen LogP contribution in [0.15, 0.2) is 212 Å². The van der Waals surface area contributed by atoms with E-state index in [2.05, 4.69) is 245 Å². The molecule has 0 unspecified atom stereocenters. The molecule has 1 heteroatoms. The van der Waals surface area contributed by atoms with Gasteiger partial charge >= 0.3 is 0 Å². The van der Waals surface area contributed by atoms with Gasteiger partial charge in [0.25, 0.3) is 0 Å². The van der Waals surface area contributed by atoms with Gasteiger partial charge in [0.1, 0.15) is 0 Å². The summed E-state index contributed by atoms with van der Waals surface area (Å²) in [6, 6.07) is 78.4. The Balaban J connectivity index is 0.967. The topological polar surface area (TPSA) is 3.24 Å². The molecule has 1 nitrogen and oxygen atoms in total. The van der Waals surface area contributed by atoms with Gasteiger partial charge in [-0.25, -0.2) is 0 Å². The summed E-state index contributed by atoms with van der Waals surface area (Å²) in [7, 11) is 0. The molecule has 292 valence electrons. The molecule has 0 atom stereocenters. The molecule has 0 radical (unpaired) electrons. The number of rotatable bonds is 7. The first-order valence-corrected chi connectivity index (χ1v) is 21.5. The molecule has 0 N–H and O–H groups in total. The second-order valence-electron chi connectivity index (χ2n) is 17.8. The highest BCUT2D eigenvalue weighted by Crippen LogP contribution is 2.54. The van der Waals surface area contributed by atoms with E-state index in [0.717, 1.165) is 17.1 Å². The standard InChI is InChI=1S/C60H47N/c1-59(2)54-21-13-11-20-50(54)52-35-32-47(38-56(52)59)61(58-22-14-12-19-49(58)45-17-9-6-10-18-45)48-33-36-53-51-34-31-46(37-55(51)60(3,4)57(53)39-48)44-29-27-43(28-30-44)42-25-23-41(24-26-42)40-15-7-5-8-16-40/h5-39H,1-4H3. The van der Waals surface area contributed by atoms with Crippen molar-refractivity contribution in [3.63, 3.8) is 0 Å². The number of anilines is 3. The fourth-order valence-electron chi connectivity index (χ4n) is 10.2. The van der Waals surface area contributed by atoms with Crippen LogP contribution in [0.4, 0.5) is 17.1 Å². The van der Waals surface area contributed by atoms with E-state index in [0.29, 0.717) is 0 Å². The van der Waals surface area contributed by atoms with Crippen molar-refractivity contribution in [3.05, 3.63) is 235 Å². The van der Waals surface area contributed by atoms with Gasteiger partial charge in [-0.15, -0.1) is 0 Å². The Morgan fingerprint density at radius 3 is 1.18 bits per heavy atom. The van der Waals surface area contributed by atoms with Crippen molar-refractivity contribution in [1.82, 2.24) is 0 Å². The van der Waals surface area contributed by atoms with Gasteiger partial charge in [-0.3, -0.25) is 0 Å². The highest BCUT2D eigenvalue weighted by molar-refractivity contribution is 5.93. The summed E-state index contributed by atoms with van der Waals surface area (Å²) in [5, 5.41) is 0. The Bertz CT molecular complexity index is 3100. The molecular formula is C60H47N. The number of nitrogens with zero attached hydrogens (tertiary/aromatic N) is 1. The van der Waals surface area contributed by atoms with E-state index in [1.165, 1.54) is 89.0 Å². The van der Waals surface area contributed by atoms with Gasteiger partial charge < -0.3 is 4.90 Å². The van der Waals surface area contributed by atoms with Gasteiger partial charge in [0, 0.05) is 27.8 Å². The average Bonchev–Trinajstić information content (AvgIpc) is 3.68. The minimum atomic E-state index is -0.205. The zero-order chi connectivity index (χ0) is 41.3. The maximum atomic E-state index is 2.49. The Labute approximate surface area is 360 Å². The Hall–Kier alpha value is -7.22. The molecule has 2 aliphatic carbocycles. The van der Waals surface area contributed by atoms with Crippen LogP contribution in [-0.4, -0.2) is 0 Å². The first-order chi connectivity index (χ1) is 29.8. The number of hydrogen-bond acceptors (Lipinski definition) is 1. The summed E-state index contributed by atoms with van der Waals surface area (Å²) < 4.78 is 0. The van der Waals surface area contributed by atoms with Crippen LogP contribution in [0.2, 0.25) is 0 Å². The van der Waals surface area contributed by atoms with Crippen LogP contribution in [0.25, 0.3) is 66.8 Å². The van der Waals surface area contributed by atoms with Crippen molar-refractivity contribution in [3.8, 4) is 66.8 Å². The highest BCUT2D eigenvalue weighted by Gasteiger charge is 2.38. The molecule has 0 fully saturated rings. The molecule has 0 aliphatic heterocycles. The van der Waals surface area contributed by atoms with Gasteiger partial charge in [0.2, 0.25) is 0 Å². The van der Waals surface area contributed by atoms with E-state index in [-0.39, 0.29) is 10.8 Å². The number of fused-ring (bicyclic) bond motifs is 6. The smallest absolute Gasteiger partial charge is 0.0540 e. The molecule has 0 saturated carbocycles. The third-order valence-electron chi connectivity index (χ3n) is 13.5. The second kappa shape index (κ2) is 14.2. The van der Waals surface area contributed by atoms with E-state index in [9.17, 15) is 0 Å². The zero-order valence-electron chi connectivity index (χ0n) is 35.2. The summed E-state index contributed by atoms with van der Waals surface area (Å²) in [4.78, 5) is 2.49. The van der Waals surface area contributed by atoms with Crippen LogP contribution in [0.3, 0.4) is 0 Å². The maximum absolute atomic E-state index is 2.49. The normalized spacial score (nSPS) is 13.8. The molecule has 9 aromatic carbocycles. The van der Waals surface area contributed by atoms with Crippen molar-refractivity contribution in [2.24, 2.45) is 0 Å². The predicted octanol–water partition coefficient (Wildman–Crippen LogP) is 16.4. The number of hydrogen-bond donors (Lipinski definition) is 0. The molecule has 11 rings (SSSR count). The van der Waals surface area contributed by atoms with Crippen molar-refractivity contribution in [1.29, 1.82) is 0 Å². The maximum Gasteiger partial charge on any atom is 0.0540 e. The molecule has 61 heavy (non-hydrogen) atoms. The third kappa shape index (κ3) is 6.07. The fourth-order valence-corrected chi connectivity index (χ4v) is 10.2. The van der Waals surface area contributed by atoms with E-state index in [1.807, 2.05) is 0 Å². The molecule has 9 aromatic rings. The quantitative estimate of drug-likeness (QED) is 0.156. The number of para-hydroxylation sites is 1. The Morgan fingerprint density at radius 2 is 0.623 bits per heavy atom. The SMILES string of the molecule is CC1(C)c2ccccc2-c2ccc(N(c3ccc4c(c3)C(C)(C)c3cc(-c5ccc(-c6ccc(-c7ccccc7)cc6)cc5)ccc3-4)c3ccccc3-c3ccccc3)cc21. The van der Waals surface area contributed by atoms with Gasteiger partial charge in [-0.2, -0.15) is 0 Å². The van der Waals surface area contributed by atoms with Crippen LogP contribution < -0.4 is 4.90 Å². The van der Waals surface area contributed by atoms with Crippen molar-refractivity contribution in [2.45, 2.75) is 38.5 Å². The summed E-state index contributed by atoms with van der Waals surface area (Å²) in [6.45, 7) is 9.52. The summed E-state index contributed by atoms with van der Waals surface area (Å²) >= 11 is 0. The lowest BCUT2D eigenvalue weighted by Gasteiger charge is -2.31. The molecule has 0 aromatic heterocycles. The zero-order valence-corrected chi connectivity index (χ0v) is 35.2. The van der Waals surface area contributed by atoms with Crippen LogP contribution in [0.1, 0.15) is 49.9 Å². The molecule has 0 spiro atoms. The van der Waals surface area contributed by atoms with Crippen LogP contribution >= 0.6 is 0 Å². The molecule has 0 amide bonds. The summed E-state index contributed by atoms with van der Waals surface area (Å²) in [5.41, 5.74) is 23.7.